The molecule has 1 aromatic heterocycles. The van der Waals surface area contributed by atoms with E-state index in [1.54, 1.807) is 30.3 Å². The van der Waals surface area contributed by atoms with E-state index in [0.717, 1.165) is 5.56 Å². The van der Waals surface area contributed by atoms with Crippen molar-refractivity contribution in [2.24, 2.45) is 0 Å². The van der Waals surface area contributed by atoms with Gasteiger partial charge in [0.1, 0.15) is 5.82 Å². The van der Waals surface area contributed by atoms with Crippen LogP contribution >= 0.6 is 23.2 Å². The Morgan fingerprint density at radius 1 is 1.22 bits per heavy atom. The second-order valence-electron chi connectivity index (χ2n) is 5.97. The van der Waals surface area contributed by atoms with E-state index in [1.165, 1.54) is 12.1 Å². The minimum Gasteiger partial charge on any atom is -0.350 e. The van der Waals surface area contributed by atoms with Gasteiger partial charge < -0.3 is 9.84 Å². The fourth-order valence-electron chi connectivity index (χ4n) is 2.54. The lowest BCUT2D eigenvalue weighted by Crippen LogP contribution is -2.27. The predicted molar refractivity (Wildman–Crippen MR) is 101 cm³/mol. The van der Waals surface area contributed by atoms with Crippen molar-refractivity contribution in [3.05, 3.63) is 69.8 Å². The van der Waals surface area contributed by atoms with Gasteiger partial charge in [-0.15, -0.1) is 0 Å². The van der Waals surface area contributed by atoms with Gasteiger partial charge in [-0.1, -0.05) is 34.4 Å². The molecule has 1 atom stereocenters. The molecule has 1 heterocycles. The first-order valence-corrected chi connectivity index (χ1v) is 9.01. The van der Waals surface area contributed by atoms with Crippen LogP contribution in [0.15, 0.2) is 47.0 Å². The highest BCUT2D eigenvalue weighted by molar-refractivity contribution is 6.35. The molecule has 27 heavy (non-hydrogen) atoms. The van der Waals surface area contributed by atoms with E-state index in [1.807, 2.05) is 6.92 Å². The summed E-state index contributed by atoms with van der Waals surface area (Å²) in [6.45, 7) is 1.84. The Balaban J connectivity index is 1.55. The number of benzene rings is 2. The van der Waals surface area contributed by atoms with Gasteiger partial charge in [-0.25, -0.2) is 4.39 Å². The Hall–Kier alpha value is -2.44. The van der Waals surface area contributed by atoms with Crippen LogP contribution < -0.4 is 5.32 Å². The average Bonchev–Trinajstić information content (AvgIpc) is 3.09. The first kappa shape index (κ1) is 19.3. The largest absolute Gasteiger partial charge is 0.350 e. The number of amides is 1. The van der Waals surface area contributed by atoms with Crippen molar-refractivity contribution in [1.29, 1.82) is 0 Å². The van der Waals surface area contributed by atoms with Crippen LogP contribution in [-0.4, -0.2) is 16.0 Å². The SMILES string of the molecule is CC(NC(=O)CCc1nc(-c2ccc(F)cc2)no1)c1ccc(Cl)cc1Cl. The molecule has 1 amide bonds. The van der Waals surface area contributed by atoms with Crippen molar-refractivity contribution in [3.63, 3.8) is 0 Å². The van der Waals surface area contributed by atoms with Crippen LogP contribution in [0.4, 0.5) is 4.39 Å². The molecule has 0 bridgehead atoms. The summed E-state index contributed by atoms with van der Waals surface area (Å²) in [5.74, 6) is 0.178. The van der Waals surface area contributed by atoms with Crippen molar-refractivity contribution < 1.29 is 13.7 Å². The van der Waals surface area contributed by atoms with Crippen LogP contribution in [0.5, 0.6) is 0 Å². The molecule has 0 aliphatic heterocycles. The Bertz CT molecular complexity index is 944. The Kier molecular flexibility index (Phi) is 6.08. The smallest absolute Gasteiger partial charge is 0.227 e. The second-order valence-corrected chi connectivity index (χ2v) is 6.82. The first-order chi connectivity index (χ1) is 12.9. The number of nitrogens with zero attached hydrogens (tertiary/aromatic N) is 2. The van der Waals surface area contributed by atoms with Crippen LogP contribution in [0, 0.1) is 5.82 Å². The molecule has 1 N–H and O–H groups in total. The molecule has 8 heteroatoms. The summed E-state index contributed by atoms with van der Waals surface area (Å²) in [6.07, 6.45) is 0.474. The molecular formula is C19H16Cl2FN3O2. The lowest BCUT2D eigenvalue weighted by Gasteiger charge is -2.15. The van der Waals surface area contributed by atoms with E-state index in [9.17, 15) is 9.18 Å². The van der Waals surface area contributed by atoms with Crippen LogP contribution in [0.3, 0.4) is 0 Å². The summed E-state index contributed by atoms with van der Waals surface area (Å²) in [4.78, 5) is 16.4. The van der Waals surface area contributed by atoms with Crippen molar-refractivity contribution in [2.75, 3.05) is 0 Å². The molecule has 3 aromatic rings. The van der Waals surface area contributed by atoms with E-state index in [-0.39, 0.29) is 24.2 Å². The van der Waals surface area contributed by atoms with E-state index in [2.05, 4.69) is 15.5 Å². The van der Waals surface area contributed by atoms with E-state index in [0.29, 0.717) is 33.7 Å². The number of hydrogen-bond acceptors (Lipinski definition) is 4. The van der Waals surface area contributed by atoms with Crippen LogP contribution in [0.25, 0.3) is 11.4 Å². The Labute approximate surface area is 165 Å². The molecule has 0 fully saturated rings. The quantitative estimate of drug-likeness (QED) is 0.624. The summed E-state index contributed by atoms with van der Waals surface area (Å²) < 4.78 is 18.1. The number of aromatic nitrogens is 2. The second kappa shape index (κ2) is 8.50. The van der Waals surface area contributed by atoms with E-state index >= 15 is 0 Å². The summed E-state index contributed by atoms with van der Waals surface area (Å²) in [5.41, 5.74) is 1.42. The zero-order valence-electron chi connectivity index (χ0n) is 14.4. The van der Waals surface area contributed by atoms with Crippen molar-refractivity contribution in [2.45, 2.75) is 25.8 Å². The highest BCUT2D eigenvalue weighted by atomic mass is 35.5. The zero-order chi connectivity index (χ0) is 19.4. The third-order valence-corrected chi connectivity index (χ3v) is 4.51. The number of hydrogen-bond donors (Lipinski definition) is 1. The maximum Gasteiger partial charge on any atom is 0.227 e. The summed E-state index contributed by atoms with van der Waals surface area (Å²) in [7, 11) is 0. The van der Waals surface area contributed by atoms with Crippen LogP contribution in [-0.2, 0) is 11.2 Å². The number of aryl methyl sites for hydroxylation is 1. The fraction of sp³-hybridized carbons (Fsp3) is 0.211. The molecule has 2 aromatic carbocycles. The van der Waals surface area contributed by atoms with Gasteiger partial charge in [0, 0.05) is 28.5 Å². The van der Waals surface area contributed by atoms with Crippen molar-refractivity contribution >= 4 is 29.1 Å². The summed E-state index contributed by atoms with van der Waals surface area (Å²) >= 11 is 12.0. The summed E-state index contributed by atoms with van der Waals surface area (Å²) in [6, 6.07) is 10.6. The standard InChI is InChI=1S/C19H16Cl2FN3O2/c1-11(15-7-4-13(20)10-16(15)21)23-17(26)8-9-18-24-19(25-27-18)12-2-5-14(22)6-3-12/h2-7,10-11H,8-9H2,1H3,(H,23,26). The third kappa shape index (κ3) is 5.05. The molecule has 3 rings (SSSR count). The van der Waals surface area contributed by atoms with Gasteiger partial charge in [-0.3, -0.25) is 4.79 Å². The molecule has 140 valence electrons. The van der Waals surface area contributed by atoms with Gasteiger partial charge in [-0.2, -0.15) is 4.98 Å². The molecule has 0 radical (unpaired) electrons. The number of carbonyl (C=O) groups excluding carboxylic acids is 1. The number of carbonyl (C=O) groups is 1. The zero-order valence-corrected chi connectivity index (χ0v) is 15.9. The molecule has 0 aliphatic rings. The molecule has 1 unspecified atom stereocenters. The lowest BCUT2D eigenvalue weighted by atomic mass is 10.1. The van der Waals surface area contributed by atoms with Crippen LogP contribution in [0.1, 0.15) is 30.8 Å². The van der Waals surface area contributed by atoms with Gasteiger partial charge in [0.15, 0.2) is 0 Å². The molecule has 0 saturated heterocycles. The highest BCUT2D eigenvalue weighted by Crippen LogP contribution is 2.26. The Morgan fingerprint density at radius 2 is 1.96 bits per heavy atom. The maximum absolute atomic E-state index is 13.0. The number of halogens is 3. The third-order valence-electron chi connectivity index (χ3n) is 3.94. The van der Waals surface area contributed by atoms with Crippen molar-refractivity contribution in [1.82, 2.24) is 15.5 Å². The van der Waals surface area contributed by atoms with Gasteiger partial charge in [0.2, 0.25) is 17.6 Å². The Morgan fingerprint density at radius 3 is 2.67 bits per heavy atom. The summed E-state index contributed by atoms with van der Waals surface area (Å²) in [5, 5.41) is 7.76. The minimum absolute atomic E-state index is 0.171. The van der Waals surface area contributed by atoms with Gasteiger partial charge in [0.05, 0.1) is 6.04 Å². The molecule has 0 aliphatic carbocycles. The van der Waals surface area contributed by atoms with E-state index in [4.69, 9.17) is 27.7 Å². The first-order valence-electron chi connectivity index (χ1n) is 8.25. The molecule has 0 saturated carbocycles. The minimum atomic E-state index is -0.339. The topological polar surface area (TPSA) is 68.0 Å². The lowest BCUT2D eigenvalue weighted by molar-refractivity contribution is -0.121. The van der Waals surface area contributed by atoms with Gasteiger partial charge in [-0.05, 0) is 48.9 Å². The van der Waals surface area contributed by atoms with Crippen molar-refractivity contribution in [3.8, 4) is 11.4 Å². The van der Waals surface area contributed by atoms with E-state index < -0.39 is 0 Å². The van der Waals surface area contributed by atoms with Gasteiger partial charge in [0.25, 0.3) is 0 Å². The maximum atomic E-state index is 13.0. The molecule has 5 nitrogen and oxygen atoms in total. The number of nitrogens with one attached hydrogen (secondary N) is 1. The molecule has 0 spiro atoms. The normalized spacial score (nSPS) is 12.0. The van der Waals surface area contributed by atoms with Gasteiger partial charge >= 0.3 is 0 Å². The predicted octanol–water partition coefficient (Wildman–Crippen LogP) is 4.99. The van der Waals surface area contributed by atoms with Crippen LogP contribution in [0.2, 0.25) is 10.0 Å². The highest BCUT2D eigenvalue weighted by Gasteiger charge is 2.15. The average molecular weight is 408 g/mol. The number of rotatable bonds is 6. The fourth-order valence-corrected chi connectivity index (χ4v) is 3.11. The molecular weight excluding hydrogens is 392 g/mol. The monoisotopic (exact) mass is 407 g/mol.